The van der Waals surface area contributed by atoms with Crippen molar-refractivity contribution in [2.45, 2.75) is 26.2 Å². The monoisotopic (exact) mass is 273 g/mol. The molecule has 0 unspecified atom stereocenters. The van der Waals surface area contributed by atoms with Crippen LogP contribution < -0.4 is 5.32 Å². The first-order valence-corrected chi connectivity index (χ1v) is 6.51. The van der Waals surface area contributed by atoms with Crippen molar-refractivity contribution in [1.82, 2.24) is 10.3 Å². The topological polar surface area (TPSA) is 94.4 Å². The minimum absolute atomic E-state index is 0.0850. The maximum absolute atomic E-state index is 11.6. The van der Waals surface area contributed by atoms with E-state index in [1.54, 1.807) is 5.38 Å². The lowest BCUT2D eigenvalue weighted by Gasteiger charge is -2.01. The van der Waals surface area contributed by atoms with Gasteiger partial charge in [-0.2, -0.15) is 0 Å². The molecule has 1 N–H and O–H groups in total. The number of unbranched alkanes of at least 4 members (excludes halogenated alkanes) is 1. The second-order valence-electron chi connectivity index (χ2n) is 3.54. The van der Waals surface area contributed by atoms with Gasteiger partial charge < -0.3 is 10.2 Å². The summed E-state index contributed by atoms with van der Waals surface area (Å²) < 4.78 is 0. The number of hydrogen-bond donors (Lipinski definition) is 1. The Bertz CT molecular complexity index is 408. The standard InChI is InChI=1S/C10H15N3O4S/c1-2-3-4-9-12-8(7-18-9)10(14)11-5-6-17-13(15)16/h7H,2-6H2,1H3,(H,11,14). The first kappa shape index (κ1) is 14.4. The largest absolute Gasteiger partial charge is 0.349 e. The highest BCUT2D eigenvalue weighted by Crippen LogP contribution is 2.12. The molecule has 8 heteroatoms. The van der Waals surface area contributed by atoms with E-state index >= 15 is 0 Å². The van der Waals surface area contributed by atoms with E-state index in [0.717, 1.165) is 24.3 Å². The second kappa shape index (κ2) is 7.59. The van der Waals surface area contributed by atoms with Gasteiger partial charge in [-0.15, -0.1) is 21.5 Å². The first-order chi connectivity index (χ1) is 8.63. The van der Waals surface area contributed by atoms with E-state index < -0.39 is 5.09 Å². The van der Waals surface area contributed by atoms with Crippen LogP contribution >= 0.6 is 11.3 Å². The second-order valence-corrected chi connectivity index (χ2v) is 4.49. The van der Waals surface area contributed by atoms with Gasteiger partial charge in [-0.05, 0) is 12.8 Å². The lowest BCUT2D eigenvalue weighted by molar-refractivity contribution is -0.757. The Balaban J connectivity index is 2.32. The molecule has 18 heavy (non-hydrogen) atoms. The predicted octanol–water partition coefficient (Wildman–Crippen LogP) is 1.42. The zero-order valence-corrected chi connectivity index (χ0v) is 10.9. The predicted molar refractivity (Wildman–Crippen MR) is 66.0 cm³/mol. The van der Waals surface area contributed by atoms with Crippen LogP contribution in [0, 0.1) is 10.1 Å². The molecule has 0 saturated heterocycles. The molecule has 1 aromatic heterocycles. The van der Waals surface area contributed by atoms with E-state index in [2.05, 4.69) is 22.1 Å². The van der Waals surface area contributed by atoms with Gasteiger partial charge >= 0.3 is 0 Å². The number of nitrogens with one attached hydrogen (secondary N) is 1. The summed E-state index contributed by atoms with van der Waals surface area (Å²) in [6, 6.07) is 0. The highest BCUT2D eigenvalue weighted by Gasteiger charge is 2.10. The summed E-state index contributed by atoms with van der Waals surface area (Å²) in [6.07, 6.45) is 3.00. The summed E-state index contributed by atoms with van der Waals surface area (Å²) >= 11 is 1.45. The van der Waals surface area contributed by atoms with Crippen LogP contribution in [0.15, 0.2) is 5.38 Å². The molecule has 0 aliphatic rings. The van der Waals surface area contributed by atoms with Gasteiger partial charge in [-0.1, -0.05) is 13.3 Å². The zero-order valence-electron chi connectivity index (χ0n) is 10.0. The summed E-state index contributed by atoms with van der Waals surface area (Å²) in [5, 5.41) is 14.1. The zero-order chi connectivity index (χ0) is 13.4. The molecule has 0 radical (unpaired) electrons. The number of thiazole rings is 1. The Kier molecular flexibility index (Phi) is 6.06. The SMILES string of the molecule is CCCCc1nc(C(=O)NCCO[N+](=O)[O-])cs1. The maximum atomic E-state index is 11.6. The molecule has 1 rings (SSSR count). The van der Waals surface area contributed by atoms with Gasteiger partial charge in [0.1, 0.15) is 12.3 Å². The van der Waals surface area contributed by atoms with E-state index in [1.807, 2.05) is 0 Å². The number of hydrogen-bond acceptors (Lipinski definition) is 6. The molecule has 0 fully saturated rings. The summed E-state index contributed by atoms with van der Waals surface area (Å²) in [5.74, 6) is -0.332. The summed E-state index contributed by atoms with van der Waals surface area (Å²) in [7, 11) is 0. The van der Waals surface area contributed by atoms with Crippen molar-refractivity contribution in [3.8, 4) is 0 Å². The lowest BCUT2D eigenvalue weighted by Crippen LogP contribution is -2.28. The molecule has 0 bridgehead atoms. The number of carbonyl (C=O) groups is 1. The number of rotatable bonds is 8. The Labute approximate surface area is 108 Å². The van der Waals surface area contributed by atoms with E-state index in [9.17, 15) is 14.9 Å². The van der Waals surface area contributed by atoms with Crippen molar-refractivity contribution in [3.63, 3.8) is 0 Å². The fraction of sp³-hybridized carbons (Fsp3) is 0.600. The van der Waals surface area contributed by atoms with Crippen LogP contribution in [0.2, 0.25) is 0 Å². The van der Waals surface area contributed by atoms with Gasteiger partial charge in [-0.25, -0.2) is 4.98 Å². The van der Waals surface area contributed by atoms with Gasteiger partial charge in [0.2, 0.25) is 0 Å². The van der Waals surface area contributed by atoms with Crippen molar-refractivity contribution in [3.05, 3.63) is 26.2 Å². The van der Waals surface area contributed by atoms with Crippen molar-refractivity contribution >= 4 is 17.2 Å². The number of aryl methyl sites for hydroxylation is 1. The third-order valence-corrected chi connectivity index (χ3v) is 3.02. The van der Waals surface area contributed by atoms with Gasteiger partial charge in [0.15, 0.2) is 0 Å². The van der Waals surface area contributed by atoms with Crippen molar-refractivity contribution in [2.24, 2.45) is 0 Å². The van der Waals surface area contributed by atoms with Crippen LogP contribution in [0.5, 0.6) is 0 Å². The van der Waals surface area contributed by atoms with Gasteiger partial charge in [-0.3, -0.25) is 4.79 Å². The molecule has 1 amide bonds. The van der Waals surface area contributed by atoms with Crippen LogP contribution in [0.1, 0.15) is 35.3 Å². The third kappa shape index (κ3) is 5.09. The maximum Gasteiger partial charge on any atom is 0.294 e. The Morgan fingerprint density at radius 3 is 3.11 bits per heavy atom. The normalized spacial score (nSPS) is 10.1. The van der Waals surface area contributed by atoms with E-state index in [0.29, 0.717) is 5.69 Å². The van der Waals surface area contributed by atoms with Crippen LogP contribution in [0.3, 0.4) is 0 Å². The average molecular weight is 273 g/mol. The molecule has 0 saturated carbocycles. The quantitative estimate of drug-likeness (QED) is 0.439. The molecule has 0 aliphatic heterocycles. The van der Waals surface area contributed by atoms with Crippen LogP contribution in [0.4, 0.5) is 0 Å². The van der Waals surface area contributed by atoms with Crippen molar-refractivity contribution in [2.75, 3.05) is 13.2 Å². The molecule has 1 aromatic rings. The molecule has 7 nitrogen and oxygen atoms in total. The smallest absolute Gasteiger partial charge is 0.294 e. The van der Waals surface area contributed by atoms with Crippen LogP contribution in [-0.4, -0.2) is 29.1 Å². The molecule has 100 valence electrons. The van der Waals surface area contributed by atoms with Gasteiger partial charge in [0, 0.05) is 11.9 Å². The van der Waals surface area contributed by atoms with E-state index in [-0.39, 0.29) is 19.1 Å². The lowest BCUT2D eigenvalue weighted by atomic mass is 10.3. The minimum atomic E-state index is -0.891. The first-order valence-electron chi connectivity index (χ1n) is 5.63. The molecule has 0 aliphatic carbocycles. The molecule has 0 spiro atoms. The highest BCUT2D eigenvalue weighted by atomic mass is 32.1. The Morgan fingerprint density at radius 2 is 2.44 bits per heavy atom. The molecule has 0 aromatic carbocycles. The van der Waals surface area contributed by atoms with Gasteiger partial charge in [0.25, 0.3) is 11.0 Å². The fourth-order valence-electron chi connectivity index (χ4n) is 1.23. The Hall–Kier alpha value is -1.70. The Morgan fingerprint density at radius 1 is 1.67 bits per heavy atom. The number of amides is 1. The van der Waals surface area contributed by atoms with E-state index in [1.165, 1.54) is 11.3 Å². The van der Waals surface area contributed by atoms with Gasteiger partial charge in [0.05, 0.1) is 5.01 Å². The molecule has 1 heterocycles. The van der Waals surface area contributed by atoms with Crippen molar-refractivity contribution in [1.29, 1.82) is 0 Å². The summed E-state index contributed by atoms with van der Waals surface area (Å²) in [4.78, 5) is 29.7. The average Bonchev–Trinajstić information content (AvgIpc) is 2.80. The number of aromatic nitrogens is 1. The highest BCUT2D eigenvalue weighted by molar-refractivity contribution is 7.09. The molecule has 0 atom stereocenters. The van der Waals surface area contributed by atoms with Crippen LogP contribution in [0.25, 0.3) is 0 Å². The minimum Gasteiger partial charge on any atom is -0.349 e. The molecular weight excluding hydrogens is 258 g/mol. The number of nitrogens with zero attached hydrogens (tertiary/aromatic N) is 2. The number of carbonyl (C=O) groups excluding carboxylic acids is 1. The van der Waals surface area contributed by atoms with Crippen molar-refractivity contribution < 1.29 is 14.7 Å². The summed E-state index contributed by atoms with van der Waals surface area (Å²) in [6.45, 7) is 2.02. The van der Waals surface area contributed by atoms with Crippen LogP contribution in [-0.2, 0) is 11.3 Å². The third-order valence-electron chi connectivity index (χ3n) is 2.11. The fourth-order valence-corrected chi connectivity index (χ4v) is 2.05. The van der Waals surface area contributed by atoms with E-state index in [4.69, 9.17) is 0 Å². The summed E-state index contributed by atoms with van der Waals surface area (Å²) in [5.41, 5.74) is 0.354. The molecular formula is C10H15N3O4S.